The van der Waals surface area contributed by atoms with Crippen molar-refractivity contribution in [3.63, 3.8) is 0 Å². The first-order valence-electron chi connectivity index (χ1n) is 44.4. The van der Waals surface area contributed by atoms with Crippen LogP contribution in [0.15, 0.2) is 355 Å². The van der Waals surface area contributed by atoms with Gasteiger partial charge in [-0.2, -0.15) is 0 Å². The topological polar surface area (TPSA) is 13.1 Å². The van der Waals surface area contributed by atoms with E-state index in [0.29, 0.717) is 17.1 Å². The third-order valence-corrected chi connectivity index (χ3v) is 25.2. The van der Waals surface area contributed by atoms with Gasteiger partial charge in [-0.25, -0.2) is 0 Å². The summed E-state index contributed by atoms with van der Waals surface area (Å²) in [7, 11) is 0. The van der Waals surface area contributed by atoms with Crippen LogP contribution in [0, 0.1) is 0 Å². The number of rotatable bonds is 5. The first-order chi connectivity index (χ1) is 59.4. The Bertz CT molecular complexity index is 7540. The highest BCUT2D eigenvalue weighted by Gasteiger charge is 2.54. The fraction of sp³-hybridized carbons (Fsp3) is 0.0588. The third kappa shape index (κ3) is 7.73. The molecule has 0 bridgehead atoms. The second-order valence-corrected chi connectivity index (χ2v) is 31.1. The van der Waals surface area contributed by atoms with Crippen LogP contribution in [0.5, 0.6) is 0 Å². The maximum absolute atomic E-state index is 9.96. The average molecular weight is 1390 g/mol. The quantitative estimate of drug-likeness (QED) is 0.159. The molecular weight excluding hydrogens is 1310 g/mol. The molecule has 5 heteroatoms. The Morgan fingerprint density at radius 1 is 0.318 bits per heavy atom. The number of anilines is 3. The number of hydrogen-bond donors (Lipinski definition) is 0. The van der Waals surface area contributed by atoms with Gasteiger partial charge in [0, 0.05) is 65.2 Å². The molecule has 107 heavy (non-hydrogen) atoms. The molecule has 18 aromatic rings. The molecule has 6 aliphatic rings. The van der Waals surface area contributed by atoms with E-state index in [1.165, 1.54) is 33.4 Å². The summed E-state index contributed by atoms with van der Waals surface area (Å²) >= 11 is 1.54. The lowest BCUT2D eigenvalue weighted by Crippen LogP contribution is -2.60. The highest BCUT2D eigenvalue weighted by atomic mass is 32.2. The normalized spacial score (nSPS) is 16.5. The molecule has 0 saturated carbocycles. The van der Waals surface area contributed by atoms with E-state index in [2.05, 4.69) is 238 Å². The Morgan fingerprint density at radius 2 is 0.682 bits per heavy atom. The van der Waals surface area contributed by atoms with Gasteiger partial charge in [-0.15, -0.1) is 0 Å². The van der Waals surface area contributed by atoms with Gasteiger partial charge in [0.25, 0.3) is 0 Å². The number of para-hydroxylation sites is 5. The van der Waals surface area contributed by atoms with Gasteiger partial charge < -0.3 is 14.0 Å². The van der Waals surface area contributed by atoms with Crippen LogP contribution in [0.25, 0.3) is 122 Å². The lowest BCUT2D eigenvalue weighted by atomic mass is 9.34. The monoisotopic (exact) mass is 1390 g/mol. The van der Waals surface area contributed by atoms with Crippen LogP contribution in [0.4, 0.5) is 17.1 Å². The molecule has 498 valence electrons. The summed E-state index contributed by atoms with van der Waals surface area (Å²) in [5.74, 6) is 0. The van der Waals surface area contributed by atoms with Gasteiger partial charge in [-0.1, -0.05) is 311 Å². The van der Waals surface area contributed by atoms with E-state index < -0.39 is 120 Å². The number of nitrogens with zero attached hydrogens (tertiary/aromatic N) is 3. The summed E-state index contributed by atoms with van der Waals surface area (Å²) in [6.45, 7) is 5.91. The molecule has 0 radical (unpaired) electrons. The molecule has 4 heterocycles. The predicted molar refractivity (Wildman–Crippen MR) is 447 cm³/mol. The van der Waals surface area contributed by atoms with Crippen molar-refractivity contribution in [1.82, 2.24) is 9.13 Å². The fourth-order valence-electron chi connectivity index (χ4n) is 19.8. The van der Waals surface area contributed by atoms with E-state index in [1.54, 1.807) is 20.9 Å². The maximum atomic E-state index is 9.96. The Balaban J connectivity index is 0.839. The van der Waals surface area contributed by atoms with Crippen LogP contribution in [0.3, 0.4) is 0 Å². The zero-order valence-corrected chi connectivity index (χ0v) is 58.8. The minimum absolute atomic E-state index is 0.0104. The highest BCUT2D eigenvalue weighted by Crippen LogP contribution is 2.66. The van der Waals surface area contributed by atoms with Crippen LogP contribution in [-0.2, 0) is 16.2 Å². The molecule has 0 unspecified atom stereocenters. The van der Waals surface area contributed by atoms with E-state index in [0.717, 1.165) is 121 Å². The maximum Gasteiger partial charge on any atom is 0.249 e. The Kier molecular flexibility index (Phi) is 9.29. The van der Waals surface area contributed by atoms with Gasteiger partial charge in [-0.3, -0.25) is 0 Å². The van der Waals surface area contributed by atoms with Crippen molar-refractivity contribution in [3.8, 4) is 78.1 Å². The standard InChI is InChI=1S/C102H66BN3S/c1-100(2,3)63-57-95-98-97(58-63)107-96-60-65(105-92-45-22-12-33-78(92)79-34-13-23-46-93(79)105)50-54-89(96)103(98)88-53-49-64(104-90-43-20-10-31-76(90)77-32-11-21-44-91(77)104)59-94(88)106(95)99-66(61-47-51-74-72-29-8-18-41-84(72)101(86(74)55-61)80-37-14-4-25-68(80)69-26-5-15-38-81(69)101)35-24-36-67(99)62-48-52-75-73-30-9-19-42-85(73)102(87(75)56-62)82-39-16-6-27-70(82)71-28-7-17-40-83(71)102/h4-60H,1-3H3/i10D,11D,12D,13D,20D,21D,22D,23D,31D,32D,33D,34D,43D,44D,45D,46D. The molecule has 0 atom stereocenters. The van der Waals surface area contributed by atoms with E-state index in [-0.39, 0.29) is 43.6 Å². The van der Waals surface area contributed by atoms with E-state index in [9.17, 15) is 13.7 Å². The summed E-state index contributed by atoms with van der Waals surface area (Å²) in [6.07, 6.45) is 0. The zero-order chi connectivity index (χ0) is 84.3. The Labute approximate surface area is 648 Å². The molecule has 3 nitrogen and oxygen atoms in total. The van der Waals surface area contributed by atoms with E-state index in [1.807, 2.05) is 36.4 Å². The number of aromatic nitrogens is 2. The SMILES string of the molecule is [2H]c1c([2H])c([2H])c2c(c1[2H])c1c([2H])c([2H])c([2H])c([2H])c1n2-c1ccc2c(c1)Sc1cc(C(C)(C)C)cc3c1B2c1ccc(-n2c4c([2H])c([2H])c([2H])c([2H])c4c4c([2H])c([2H])c([2H])c([2H])c42)cc1N3c1c(-c2ccc3c(c2)C2(c4ccccc4-c4ccccc42)c2ccccc2-3)cccc1-c1ccc2c(c1)C1(c3ccccc3-c3ccccc31)c1ccccc1-2. The Morgan fingerprint density at radius 3 is 1.09 bits per heavy atom. The van der Waals surface area contributed by atoms with Crippen molar-refractivity contribution in [2.24, 2.45) is 0 Å². The largest absolute Gasteiger partial charge is 0.310 e. The van der Waals surface area contributed by atoms with Crippen molar-refractivity contribution in [2.75, 3.05) is 4.90 Å². The van der Waals surface area contributed by atoms with Crippen LogP contribution in [-0.4, -0.2) is 15.8 Å². The summed E-state index contributed by atoms with van der Waals surface area (Å²) in [5.41, 5.74) is 26.3. The van der Waals surface area contributed by atoms with Crippen molar-refractivity contribution < 1.29 is 21.9 Å². The third-order valence-electron chi connectivity index (χ3n) is 24.1. The second-order valence-electron chi connectivity index (χ2n) is 30.1. The fourth-order valence-corrected chi connectivity index (χ4v) is 21.0. The predicted octanol–water partition coefficient (Wildman–Crippen LogP) is 24.0. The van der Waals surface area contributed by atoms with Crippen LogP contribution < -0.4 is 21.3 Å². The first-order valence-corrected chi connectivity index (χ1v) is 37.2. The lowest BCUT2D eigenvalue weighted by molar-refractivity contribution is 0.589. The minimum Gasteiger partial charge on any atom is -0.310 e. The number of hydrogen-bond acceptors (Lipinski definition) is 2. The van der Waals surface area contributed by atoms with Gasteiger partial charge in [0.15, 0.2) is 0 Å². The van der Waals surface area contributed by atoms with Crippen LogP contribution in [0.1, 0.15) is 92.8 Å². The van der Waals surface area contributed by atoms with Gasteiger partial charge >= 0.3 is 0 Å². The zero-order valence-electron chi connectivity index (χ0n) is 74.0. The minimum atomic E-state index is -0.753. The molecule has 0 N–H and O–H groups in total. The molecule has 16 aromatic carbocycles. The molecule has 0 saturated heterocycles. The van der Waals surface area contributed by atoms with Gasteiger partial charge in [0.2, 0.25) is 6.71 Å². The summed E-state index contributed by atoms with van der Waals surface area (Å²) in [4.78, 5) is 4.02. The molecular formula is C102H66BN3S. The van der Waals surface area contributed by atoms with Gasteiger partial charge in [0.1, 0.15) is 0 Å². The molecule has 2 aliphatic heterocycles. The lowest BCUT2D eigenvalue weighted by Gasteiger charge is -2.43. The summed E-state index contributed by atoms with van der Waals surface area (Å²) < 4.78 is 153. The number of fused-ring (bicyclic) bond motifs is 30. The van der Waals surface area contributed by atoms with Gasteiger partial charge in [0.05, 0.1) is 60.5 Å². The van der Waals surface area contributed by atoms with E-state index >= 15 is 0 Å². The van der Waals surface area contributed by atoms with Crippen molar-refractivity contribution in [1.29, 1.82) is 0 Å². The summed E-state index contributed by atoms with van der Waals surface area (Å²) in [6, 6.07) is 81.6. The van der Waals surface area contributed by atoms with Crippen LogP contribution >= 0.6 is 11.8 Å². The van der Waals surface area contributed by atoms with E-state index in [4.69, 9.17) is 8.22 Å². The molecule has 2 spiro atoms. The number of benzene rings is 16. The molecule has 24 rings (SSSR count). The molecule has 2 aromatic heterocycles. The van der Waals surface area contributed by atoms with Crippen molar-refractivity contribution in [3.05, 3.63) is 395 Å². The van der Waals surface area contributed by atoms with Crippen molar-refractivity contribution >= 4 is 95.5 Å². The van der Waals surface area contributed by atoms with Crippen LogP contribution in [0.2, 0.25) is 0 Å². The first kappa shape index (κ1) is 46.2. The molecule has 0 fully saturated rings. The second kappa shape index (κ2) is 21.5. The molecule has 0 amide bonds. The highest BCUT2D eigenvalue weighted by molar-refractivity contribution is 8.00. The summed E-state index contributed by atoms with van der Waals surface area (Å²) in [5, 5.41) is -0.207. The molecule has 4 aliphatic carbocycles. The van der Waals surface area contributed by atoms with Crippen molar-refractivity contribution in [2.45, 2.75) is 46.8 Å². The smallest absolute Gasteiger partial charge is 0.249 e. The average Bonchev–Trinajstić information content (AvgIpc) is 1.59. The Hall–Kier alpha value is -12.7. The van der Waals surface area contributed by atoms with Gasteiger partial charge in [-0.05, 0) is 195 Å².